The number of sulfone groups is 1. The zero-order valence-electron chi connectivity index (χ0n) is 13.7. The molecule has 0 N–H and O–H groups in total. The molecule has 2 atom stereocenters. The predicted molar refractivity (Wildman–Crippen MR) is 93.7 cm³/mol. The SMILES string of the molecule is COc1ccccc1[C@H](C)N(C)C(=O)CS[C@@H]1CCS(=O)(=O)C1. The number of ether oxygens (including phenoxy) is 1. The highest BCUT2D eigenvalue weighted by Crippen LogP contribution is 2.29. The Morgan fingerprint density at radius 3 is 2.74 bits per heavy atom. The predicted octanol–water partition coefficient (Wildman–Crippen LogP) is 2.13. The molecule has 1 saturated heterocycles. The summed E-state index contributed by atoms with van der Waals surface area (Å²) in [7, 11) is 0.490. The van der Waals surface area contributed by atoms with E-state index in [0.717, 1.165) is 11.3 Å². The molecule has 7 heteroatoms. The van der Waals surface area contributed by atoms with Crippen LogP contribution in [0.1, 0.15) is 24.9 Å². The van der Waals surface area contributed by atoms with Gasteiger partial charge in [0.05, 0.1) is 30.4 Å². The number of rotatable bonds is 6. The Kier molecular flexibility index (Phi) is 5.97. The van der Waals surface area contributed by atoms with Crippen LogP contribution in [-0.2, 0) is 14.6 Å². The number of methoxy groups -OCH3 is 1. The molecule has 0 unspecified atom stereocenters. The van der Waals surface area contributed by atoms with E-state index in [4.69, 9.17) is 4.74 Å². The van der Waals surface area contributed by atoms with Gasteiger partial charge in [0, 0.05) is 17.9 Å². The highest BCUT2D eigenvalue weighted by molar-refractivity contribution is 8.02. The number of benzene rings is 1. The van der Waals surface area contributed by atoms with Gasteiger partial charge in [-0.2, -0.15) is 0 Å². The van der Waals surface area contributed by atoms with E-state index in [0.29, 0.717) is 12.2 Å². The average molecular weight is 357 g/mol. The topological polar surface area (TPSA) is 63.7 Å². The third kappa shape index (κ3) is 4.64. The molecule has 0 aromatic heterocycles. The van der Waals surface area contributed by atoms with Crippen molar-refractivity contribution in [3.05, 3.63) is 29.8 Å². The lowest BCUT2D eigenvalue weighted by molar-refractivity contribution is -0.128. The van der Waals surface area contributed by atoms with Crippen LogP contribution in [0, 0.1) is 0 Å². The van der Waals surface area contributed by atoms with Gasteiger partial charge in [-0.15, -0.1) is 11.8 Å². The van der Waals surface area contributed by atoms with Gasteiger partial charge in [0.1, 0.15) is 5.75 Å². The second-order valence-corrected chi connectivity index (χ2v) is 9.28. The van der Waals surface area contributed by atoms with Gasteiger partial charge in [0.2, 0.25) is 5.91 Å². The van der Waals surface area contributed by atoms with Crippen LogP contribution < -0.4 is 4.74 Å². The molecule has 1 aromatic carbocycles. The van der Waals surface area contributed by atoms with Gasteiger partial charge < -0.3 is 9.64 Å². The molecule has 1 aromatic rings. The van der Waals surface area contributed by atoms with Crippen molar-refractivity contribution >= 4 is 27.5 Å². The first-order chi connectivity index (χ1) is 10.8. The lowest BCUT2D eigenvalue weighted by atomic mass is 10.1. The Bertz CT molecular complexity index is 660. The summed E-state index contributed by atoms with van der Waals surface area (Å²) in [5, 5.41) is 0.0407. The molecule has 1 aliphatic heterocycles. The van der Waals surface area contributed by atoms with Crippen LogP contribution in [0.2, 0.25) is 0 Å². The number of hydrogen-bond acceptors (Lipinski definition) is 5. The quantitative estimate of drug-likeness (QED) is 0.780. The van der Waals surface area contributed by atoms with Gasteiger partial charge in [-0.05, 0) is 19.4 Å². The Morgan fingerprint density at radius 1 is 1.43 bits per heavy atom. The van der Waals surface area contributed by atoms with Crippen molar-refractivity contribution in [2.45, 2.75) is 24.6 Å². The summed E-state index contributed by atoms with van der Waals surface area (Å²) in [5.74, 6) is 1.49. The number of carbonyl (C=O) groups excluding carboxylic acids is 1. The normalized spacial score (nSPS) is 20.9. The maximum Gasteiger partial charge on any atom is 0.232 e. The standard InChI is InChI=1S/C16H23NO4S2/c1-12(14-6-4-5-7-15(14)21-3)17(2)16(18)10-22-13-8-9-23(19,20)11-13/h4-7,12-13H,8-11H2,1-3H3/t12-,13+/m0/s1. The van der Waals surface area contributed by atoms with Crippen molar-refractivity contribution < 1.29 is 17.9 Å². The smallest absolute Gasteiger partial charge is 0.232 e. The van der Waals surface area contributed by atoms with E-state index in [-0.39, 0.29) is 28.7 Å². The van der Waals surface area contributed by atoms with Crippen LogP contribution in [0.5, 0.6) is 5.75 Å². The van der Waals surface area contributed by atoms with E-state index in [1.165, 1.54) is 11.8 Å². The van der Waals surface area contributed by atoms with Crippen LogP contribution in [0.15, 0.2) is 24.3 Å². The fourth-order valence-electron chi connectivity index (χ4n) is 2.62. The monoisotopic (exact) mass is 357 g/mol. The number of para-hydroxylation sites is 1. The Hall–Kier alpha value is -1.21. The Morgan fingerprint density at radius 2 is 2.13 bits per heavy atom. The third-order valence-electron chi connectivity index (χ3n) is 4.20. The van der Waals surface area contributed by atoms with Gasteiger partial charge in [-0.1, -0.05) is 18.2 Å². The Balaban J connectivity index is 1.94. The van der Waals surface area contributed by atoms with Gasteiger partial charge in [0.15, 0.2) is 9.84 Å². The summed E-state index contributed by atoms with van der Waals surface area (Å²) in [6.45, 7) is 1.96. The van der Waals surface area contributed by atoms with E-state index in [1.54, 1.807) is 19.1 Å². The molecule has 0 radical (unpaired) electrons. The molecule has 0 aliphatic carbocycles. The summed E-state index contributed by atoms with van der Waals surface area (Å²) in [6.07, 6.45) is 0.645. The molecule has 0 bridgehead atoms. The zero-order valence-corrected chi connectivity index (χ0v) is 15.3. The van der Waals surface area contributed by atoms with Gasteiger partial charge in [-0.3, -0.25) is 4.79 Å². The number of hydrogen-bond donors (Lipinski definition) is 0. The number of nitrogens with zero attached hydrogens (tertiary/aromatic N) is 1. The van der Waals surface area contributed by atoms with Crippen molar-refractivity contribution in [3.8, 4) is 5.75 Å². The first-order valence-corrected chi connectivity index (χ1v) is 10.4. The lowest BCUT2D eigenvalue weighted by Gasteiger charge is -2.27. The molecule has 1 amide bonds. The fourth-order valence-corrected chi connectivity index (χ4v) is 6.19. The van der Waals surface area contributed by atoms with Gasteiger partial charge in [-0.25, -0.2) is 8.42 Å². The maximum atomic E-state index is 12.4. The molecular weight excluding hydrogens is 334 g/mol. The molecule has 5 nitrogen and oxygen atoms in total. The summed E-state index contributed by atoms with van der Waals surface area (Å²) >= 11 is 1.44. The summed E-state index contributed by atoms with van der Waals surface area (Å²) in [5.41, 5.74) is 0.958. The molecule has 128 valence electrons. The van der Waals surface area contributed by atoms with E-state index in [1.807, 2.05) is 31.2 Å². The molecule has 0 saturated carbocycles. The van der Waals surface area contributed by atoms with E-state index >= 15 is 0 Å². The van der Waals surface area contributed by atoms with Crippen LogP contribution in [0.25, 0.3) is 0 Å². The molecule has 2 rings (SSSR count). The van der Waals surface area contributed by atoms with Crippen molar-refractivity contribution in [1.29, 1.82) is 0 Å². The zero-order chi connectivity index (χ0) is 17.0. The molecule has 1 fully saturated rings. The fraction of sp³-hybridized carbons (Fsp3) is 0.562. The molecular formula is C16H23NO4S2. The Labute approximate surface area is 142 Å². The van der Waals surface area contributed by atoms with E-state index in [9.17, 15) is 13.2 Å². The highest BCUT2D eigenvalue weighted by atomic mass is 32.2. The van der Waals surface area contributed by atoms with E-state index in [2.05, 4.69) is 0 Å². The molecule has 0 spiro atoms. The second kappa shape index (κ2) is 7.57. The van der Waals surface area contributed by atoms with Gasteiger partial charge >= 0.3 is 0 Å². The molecule has 1 aliphatic rings. The minimum absolute atomic E-state index is 0.00213. The number of carbonyl (C=O) groups is 1. The van der Waals surface area contributed by atoms with Crippen LogP contribution in [-0.4, -0.2) is 55.9 Å². The average Bonchev–Trinajstić information content (AvgIpc) is 2.90. The van der Waals surface area contributed by atoms with Crippen molar-refractivity contribution in [1.82, 2.24) is 4.90 Å². The van der Waals surface area contributed by atoms with Crippen LogP contribution in [0.4, 0.5) is 0 Å². The first-order valence-electron chi connectivity index (χ1n) is 7.54. The van der Waals surface area contributed by atoms with Crippen molar-refractivity contribution in [3.63, 3.8) is 0 Å². The third-order valence-corrected chi connectivity index (χ3v) is 7.46. The maximum absolute atomic E-state index is 12.4. The van der Waals surface area contributed by atoms with E-state index < -0.39 is 9.84 Å². The largest absolute Gasteiger partial charge is 0.496 e. The van der Waals surface area contributed by atoms with Gasteiger partial charge in [0.25, 0.3) is 0 Å². The highest BCUT2D eigenvalue weighted by Gasteiger charge is 2.29. The minimum atomic E-state index is -2.89. The van der Waals surface area contributed by atoms with Crippen LogP contribution in [0.3, 0.4) is 0 Å². The van der Waals surface area contributed by atoms with Crippen molar-refractivity contribution in [2.24, 2.45) is 0 Å². The molecule has 23 heavy (non-hydrogen) atoms. The first kappa shape index (κ1) is 18.1. The summed E-state index contributed by atoms with van der Waals surface area (Å²) in [4.78, 5) is 14.1. The van der Waals surface area contributed by atoms with Crippen LogP contribution >= 0.6 is 11.8 Å². The minimum Gasteiger partial charge on any atom is -0.496 e. The number of amides is 1. The number of thioether (sulfide) groups is 1. The summed E-state index contributed by atoms with van der Waals surface area (Å²) in [6, 6.07) is 7.54. The second-order valence-electron chi connectivity index (χ2n) is 5.76. The summed E-state index contributed by atoms with van der Waals surface area (Å²) < 4.78 is 28.3. The van der Waals surface area contributed by atoms with Crippen molar-refractivity contribution in [2.75, 3.05) is 31.4 Å². The lowest BCUT2D eigenvalue weighted by Crippen LogP contribution is -2.31. The molecule has 1 heterocycles.